The van der Waals surface area contributed by atoms with Gasteiger partial charge in [0.1, 0.15) is 5.41 Å². The molecule has 4 heterocycles. The smallest absolute Gasteiger partial charge is 0.269 e. The number of fused-ring (bicyclic) bond motifs is 2. The number of carbonyl (C=O) groups is 4. The van der Waals surface area contributed by atoms with E-state index in [-0.39, 0.29) is 17.8 Å². The third-order valence-electron chi connectivity index (χ3n) is 9.99. The molecule has 4 amide bonds. The molecule has 0 aliphatic carbocycles. The number of rotatable bonds is 7. The van der Waals surface area contributed by atoms with Crippen molar-refractivity contribution in [3.63, 3.8) is 0 Å². The van der Waals surface area contributed by atoms with Gasteiger partial charge < -0.3 is 0 Å². The summed E-state index contributed by atoms with van der Waals surface area (Å²) in [5, 5.41) is 11.5. The molecule has 0 radical (unpaired) electrons. The largest absolute Gasteiger partial charge is 0.282 e. The Kier molecular flexibility index (Phi) is 6.78. The Hall–Kier alpha value is -6.42. The summed E-state index contributed by atoms with van der Waals surface area (Å²) in [5.74, 6) is -5.16. The predicted octanol–water partition coefficient (Wildman–Crippen LogP) is 5.88. The van der Waals surface area contributed by atoms with Crippen molar-refractivity contribution in [2.45, 2.75) is 12.1 Å². The molecular formula is C39H28N4O6. The Bertz CT molecular complexity index is 2070. The first kappa shape index (κ1) is 29.9. The molecule has 10 heteroatoms. The van der Waals surface area contributed by atoms with E-state index >= 15 is 14.4 Å². The lowest BCUT2D eigenvalue weighted by atomic mass is 9.53. The first-order valence-electron chi connectivity index (χ1n) is 15.8. The van der Waals surface area contributed by atoms with E-state index < -0.39 is 51.5 Å². The third kappa shape index (κ3) is 4.07. The predicted molar refractivity (Wildman–Crippen MR) is 181 cm³/mol. The number of hydrogen-bond donors (Lipinski definition) is 0. The third-order valence-corrected chi connectivity index (χ3v) is 9.99. The van der Waals surface area contributed by atoms with Crippen LogP contribution in [0.5, 0.6) is 0 Å². The van der Waals surface area contributed by atoms with Crippen molar-refractivity contribution in [3.8, 4) is 0 Å². The van der Waals surface area contributed by atoms with E-state index in [0.29, 0.717) is 22.5 Å². The van der Waals surface area contributed by atoms with Crippen molar-refractivity contribution >= 4 is 46.4 Å². The summed E-state index contributed by atoms with van der Waals surface area (Å²) in [6, 6.07) is 40.9. The number of anilines is 3. The number of imide groups is 1. The summed E-state index contributed by atoms with van der Waals surface area (Å²) in [4.78, 5) is 76.2. The van der Waals surface area contributed by atoms with E-state index in [1.807, 2.05) is 18.2 Å². The number of nitrogens with zero attached hydrogens (tertiary/aromatic N) is 4. The van der Waals surface area contributed by atoms with Crippen LogP contribution in [-0.2, 0) is 31.3 Å². The first-order valence-corrected chi connectivity index (χ1v) is 15.8. The second-order valence-corrected chi connectivity index (χ2v) is 12.4. The van der Waals surface area contributed by atoms with E-state index in [1.54, 1.807) is 113 Å². The number of piperidine rings is 2. The van der Waals surface area contributed by atoms with Crippen LogP contribution in [0.15, 0.2) is 146 Å². The quantitative estimate of drug-likeness (QED) is 0.0942. The van der Waals surface area contributed by atoms with Gasteiger partial charge in [0.25, 0.3) is 5.69 Å². The normalized spacial score (nSPS) is 24.4. The summed E-state index contributed by atoms with van der Waals surface area (Å²) >= 11 is 0. The molecule has 0 spiro atoms. The molecule has 5 aromatic carbocycles. The highest BCUT2D eigenvalue weighted by atomic mass is 16.6. The summed E-state index contributed by atoms with van der Waals surface area (Å²) in [5.41, 5.74) is -1.92. The van der Waals surface area contributed by atoms with Crippen LogP contribution in [0.4, 0.5) is 22.7 Å². The lowest BCUT2D eigenvalue weighted by molar-refractivity contribution is -0.384. The molecule has 5 aromatic rings. The average molecular weight is 649 g/mol. The van der Waals surface area contributed by atoms with Crippen LogP contribution in [0, 0.1) is 27.4 Å². The van der Waals surface area contributed by atoms with Crippen LogP contribution in [0.1, 0.15) is 11.1 Å². The fourth-order valence-corrected chi connectivity index (χ4v) is 8.08. The van der Waals surface area contributed by atoms with Crippen LogP contribution < -0.4 is 14.7 Å². The first-order chi connectivity index (χ1) is 23.8. The topological polar surface area (TPSA) is 121 Å². The number of carbonyl (C=O) groups excluding carboxylic acids is 4. The minimum Gasteiger partial charge on any atom is -0.282 e. The van der Waals surface area contributed by atoms with Gasteiger partial charge in [-0.05, 0) is 53.9 Å². The second kappa shape index (κ2) is 11.1. The molecule has 2 unspecified atom stereocenters. The monoisotopic (exact) mass is 648 g/mol. The standard InChI is InChI=1S/C39H28N4O6/c44-34-32-33(35(45)40(34)28-21-23-31(24-22-28)43(48)49)39(27-15-7-2-8-16-27)41(29-17-9-3-10-18-29)36(46)38(32,25-26-13-5-1-6-14-26)37(47)42(39)30-19-11-4-12-20-30/h1-24,32-33H,25H2. The zero-order valence-corrected chi connectivity index (χ0v) is 26.0. The highest BCUT2D eigenvalue weighted by Crippen LogP contribution is 2.65. The van der Waals surface area contributed by atoms with Crippen LogP contribution in [-0.4, -0.2) is 28.6 Å². The van der Waals surface area contributed by atoms with E-state index in [9.17, 15) is 14.9 Å². The number of amides is 4. The fourth-order valence-electron chi connectivity index (χ4n) is 8.08. The van der Waals surface area contributed by atoms with Crippen LogP contribution >= 0.6 is 0 Å². The number of nitro groups is 1. The number of non-ortho nitro benzene ring substituents is 1. The average Bonchev–Trinajstić information content (AvgIpc) is 3.41. The van der Waals surface area contributed by atoms with Crippen molar-refractivity contribution in [2.75, 3.05) is 14.7 Å². The highest BCUT2D eigenvalue weighted by molar-refractivity contribution is 6.33. The molecule has 10 nitrogen and oxygen atoms in total. The molecule has 2 atom stereocenters. The summed E-state index contributed by atoms with van der Waals surface area (Å²) in [6.07, 6.45) is -0.142. The molecule has 4 aliphatic heterocycles. The number of para-hydroxylation sites is 2. The molecule has 4 aliphatic rings. The number of nitro benzene ring substituents is 1. The Morgan fingerprint density at radius 1 is 0.551 bits per heavy atom. The van der Waals surface area contributed by atoms with Gasteiger partial charge in [-0.25, -0.2) is 4.90 Å². The van der Waals surface area contributed by atoms with Crippen molar-refractivity contribution in [1.82, 2.24) is 0 Å². The lowest BCUT2D eigenvalue weighted by Gasteiger charge is -2.66. The van der Waals surface area contributed by atoms with Gasteiger partial charge in [-0.3, -0.25) is 39.1 Å². The molecular weight excluding hydrogens is 620 g/mol. The molecule has 240 valence electrons. The zero-order chi connectivity index (χ0) is 33.9. The summed E-state index contributed by atoms with van der Waals surface area (Å²) < 4.78 is 0. The highest BCUT2D eigenvalue weighted by Gasteiger charge is 2.82. The maximum absolute atomic E-state index is 15.6. The van der Waals surface area contributed by atoms with Crippen LogP contribution in [0.2, 0.25) is 0 Å². The molecule has 2 bridgehead atoms. The minimum absolute atomic E-state index is 0.116. The lowest BCUT2D eigenvalue weighted by Crippen LogP contribution is -2.84. The van der Waals surface area contributed by atoms with Crippen molar-refractivity contribution in [3.05, 3.63) is 167 Å². The molecule has 4 fully saturated rings. The molecule has 0 saturated carbocycles. The van der Waals surface area contributed by atoms with E-state index in [1.165, 1.54) is 24.3 Å². The van der Waals surface area contributed by atoms with Gasteiger partial charge in [-0.2, -0.15) is 0 Å². The molecule has 0 N–H and O–H groups in total. The van der Waals surface area contributed by atoms with E-state index in [4.69, 9.17) is 0 Å². The zero-order valence-electron chi connectivity index (χ0n) is 26.0. The van der Waals surface area contributed by atoms with Gasteiger partial charge in [0.2, 0.25) is 23.6 Å². The van der Waals surface area contributed by atoms with Crippen LogP contribution in [0.3, 0.4) is 0 Å². The van der Waals surface area contributed by atoms with Gasteiger partial charge in [0.15, 0.2) is 5.66 Å². The molecule has 0 aromatic heterocycles. The van der Waals surface area contributed by atoms with E-state index in [2.05, 4.69) is 0 Å². The van der Waals surface area contributed by atoms with Crippen LogP contribution in [0.25, 0.3) is 0 Å². The molecule has 49 heavy (non-hydrogen) atoms. The molecule has 9 rings (SSSR count). The Morgan fingerprint density at radius 2 is 1.00 bits per heavy atom. The summed E-state index contributed by atoms with van der Waals surface area (Å²) in [6.45, 7) is 0. The minimum atomic E-state index is -2.03. The van der Waals surface area contributed by atoms with Gasteiger partial charge in [0, 0.05) is 23.5 Å². The summed E-state index contributed by atoms with van der Waals surface area (Å²) in [7, 11) is 0. The van der Waals surface area contributed by atoms with Gasteiger partial charge >= 0.3 is 0 Å². The van der Waals surface area contributed by atoms with Gasteiger partial charge in [-0.1, -0.05) is 97.1 Å². The maximum Gasteiger partial charge on any atom is 0.269 e. The number of hydrogen-bond acceptors (Lipinski definition) is 6. The van der Waals surface area contributed by atoms with Gasteiger partial charge in [-0.15, -0.1) is 0 Å². The fraction of sp³-hybridized carbons (Fsp3) is 0.128. The van der Waals surface area contributed by atoms with Crippen molar-refractivity contribution in [1.29, 1.82) is 0 Å². The second-order valence-electron chi connectivity index (χ2n) is 12.4. The SMILES string of the molecule is O=C1C2C(C(=O)N1c1ccc([N+](=O)[O-])cc1)C1(c3ccccc3)N(c3ccccc3)C(=O)C2(Cc2ccccc2)C(=O)N1c1ccccc1. The van der Waals surface area contributed by atoms with Crippen molar-refractivity contribution < 1.29 is 24.1 Å². The Morgan fingerprint density at radius 3 is 1.49 bits per heavy atom. The maximum atomic E-state index is 15.6. The number of benzene rings is 5. The van der Waals surface area contributed by atoms with Gasteiger partial charge in [0.05, 0.1) is 22.4 Å². The Labute approximate surface area is 281 Å². The Balaban J connectivity index is 1.48. The molecule has 4 saturated heterocycles. The van der Waals surface area contributed by atoms with E-state index in [0.717, 1.165) is 4.90 Å². The van der Waals surface area contributed by atoms with Crippen molar-refractivity contribution in [2.24, 2.45) is 17.3 Å².